The third-order valence-corrected chi connectivity index (χ3v) is 6.08. The summed E-state index contributed by atoms with van der Waals surface area (Å²) in [4.78, 5) is 10.4. The van der Waals surface area contributed by atoms with E-state index in [2.05, 4.69) is 73.4 Å². The van der Waals surface area contributed by atoms with Crippen LogP contribution in [0.1, 0.15) is 18.5 Å². The van der Waals surface area contributed by atoms with E-state index >= 15 is 0 Å². The summed E-state index contributed by atoms with van der Waals surface area (Å²) in [5.41, 5.74) is 2.45. The molecule has 5 nitrogen and oxygen atoms in total. The number of rotatable bonds is 5. The molecule has 1 aliphatic rings. The highest BCUT2D eigenvalue weighted by Crippen LogP contribution is 2.24. The van der Waals surface area contributed by atoms with Gasteiger partial charge in [-0.25, -0.2) is 0 Å². The second-order valence-corrected chi connectivity index (χ2v) is 7.91. The van der Waals surface area contributed by atoms with Crippen LogP contribution in [0.25, 0.3) is 10.9 Å². The maximum atomic E-state index is 4.40. The van der Waals surface area contributed by atoms with Crippen molar-refractivity contribution in [2.45, 2.75) is 25.3 Å². The first-order valence-corrected chi connectivity index (χ1v) is 10.5. The number of aliphatic imine (C=N–C) groups is 1. The van der Waals surface area contributed by atoms with Crippen molar-refractivity contribution in [3.8, 4) is 0 Å². The quantitative estimate of drug-likeness (QED) is 0.274. The number of hydrogen-bond donors (Lipinski definition) is 3. The molecule has 0 saturated carbocycles. The van der Waals surface area contributed by atoms with Gasteiger partial charge in [0.15, 0.2) is 5.96 Å². The first-order valence-electron chi connectivity index (χ1n) is 9.64. The lowest BCUT2D eigenvalue weighted by Crippen LogP contribution is -2.49. The van der Waals surface area contributed by atoms with Crippen molar-refractivity contribution in [3.63, 3.8) is 0 Å². The van der Waals surface area contributed by atoms with Gasteiger partial charge in [-0.15, -0.1) is 35.3 Å². The van der Waals surface area contributed by atoms with Gasteiger partial charge in [-0.3, -0.25) is 4.99 Å². The van der Waals surface area contributed by atoms with Gasteiger partial charge in [-0.1, -0.05) is 18.2 Å². The Morgan fingerprint density at radius 1 is 1.21 bits per heavy atom. The maximum absolute atomic E-state index is 4.40. The molecule has 0 spiro atoms. The molecule has 150 valence electrons. The Labute approximate surface area is 187 Å². The normalized spacial score (nSPS) is 15.5. The van der Waals surface area contributed by atoms with E-state index in [1.807, 2.05) is 18.4 Å². The standard InChI is InChI=1S/C21H27N5S.HI/c1-22-21(23-11-8-18-15-16-5-2-3-6-19(16)24-18)25-17-9-12-26(13-10-17)20-7-4-14-27-20;/h2-7,14-15,17,24H,8-13H2,1H3,(H2,22,23,25);1H. The molecule has 1 aliphatic heterocycles. The number of hydrogen-bond acceptors (Lipinski definition) is 3. The Balaban J connectivity index is 0.00000225. The van der Waals surface area contributed by atoms with Crippen LogP contribution in [0.3, 0.4) is 0 Å². The first kappa shape index (κ1) is 21.0. The van der Waals surface area contributed by atoms with Crippen LogP contribution in [0.15, 0.2) is 52.8 Å². The van der Waals surface area contributed by atoms with Gasteiger partial charge in [-0.05, 0) is 47.9 Å². The third-order valence-electron chi connectivity index (χ3n) is 5.15. The maximum Gasteiger partial charge on any atom is 0.191 e. The van der Waals surface area contributed by atoms with E-state index in [1.54, 1.807) is 0 Å². The van der Waals surface area contributed by atoms with Crippen LogP contribution in [0.2, 0.25) is 0 Å². The molecule has 0 aliphatic carbocycles. The third kappa shape index (κ3) is 5.20. The average molecular weight is 509 g/mol. The summed E-state index contributed by atoms with van der Waals surface area (Å²) in [5, 5.41) is 11.9. The SMILES string of the molecule is CN=C(NCCc1cc2ccccc2[nH]1)NC1CCN(c2cccs2)CC1.I. The smallest absolute Gasteiger partial charge is 0.191 e. The summed E-state index contributed by atoms with van der Waals surface area (Å²) in [5.74, 6) is 0.903. The molecule has 7 heteroatoms. The van der Waals surface area contributed by atoms with Crippen molar-refractivity contribution in [2.24, 2.45) is 4.99 Å². The van der Waals surface area contributed by atoms with Gasteiger partial charge in [0, 0.05) is 50.4 Å². The minimum absolute atomic E-state index is 0. The van der Waals surface area contributed by atoms with Gasteiger partial charge >= 0.3 is 0 Å². The zero-order valence-electron chi connectivity index (χ0n) is 16.1. The van der Waals surface area contributed by atoms with Crippen LogP contribution in [-0.4, -0.2) is 43.7 Å². The number of aromatic nitrogens is 1. The number of aromatic amines is 1. The Morgan fingerprint density at radius 2 is 2.04 bits per heavy atom. The van der Waals surface area contributed by atoms with E-state index in [4.69, 9.17) is 0 Å². The summed E-state index contributed by atoms with van der Waals surface area (Å²) in [6.45, 7) is 3.06. The largest absolute Gasteiger partial charge is 0.363 e. The Kier molecular flexibility index (Phi) is 7.61. The molecule has 3 N–H and O–H groups in total. The van der Waals surface area contributed by atoms with Gasteiger partial charge < -0.3 is 20.5 Å². The number of para-hydroxylation sites is 1. The van der Waals surface area contributed by atoms with Crippen LogP contribution in [0.4, 0.5) is 5.00 Å². The van der Waals surface area contributed by atoms with Gasteiger partial charge in [0.25, 0.3) is 0 Å². The number of nitrogens with zero attached hydrogens (tertiary/aromatic N) is 2. The number of benzene rings is 1. The predicted octanol–water partition coefficient (Wildman–Crippen LogP) is 4.22. The van der Waals surface area contributed by atoms with Crippen LogP contribution in [0, 0.1) is 0 Å². The van der Waals surface area contributed by atoms with Crippen LogP contribution >= 0.6 is 35.3 Å². The van der Waals surface area contributed by atoms with E-state index in [0.29, 0.717) is 6.04 Å². The van der Waals surface area contributed by atoms with Crippen molar-refractivity contribution >= 4 is 57.2 Å². The van der Waals surface area contributed by atoms with Crippen LogP contribution in [-0.2, 0) is 6.42 Å². The van der Waals surface area contributed by atoms with Crippen molar-refractivity contribution in [2.75, 3.05) is 31.6 Å². The Morgan fingerprint density at radius 3 is 2.75 bits per heavy atom. The number of nitrogens with one attached hydrogen (secondary N) is 3. The number of guanidine groups is 1. The molecule has 2 aromatic heterocycles. The topological polar surface area (TPSA) is 55.5 Å². The molecule has 3 heterocycles. The lowest BCUT2D eigenvalue weighted by atomic mass is 10.1. The zero-order chi connectivity index (χ0) is 18.5. The lowest BCUT2D eigenvalue weighted by Gasteiger charge is -2.33. The number of H-pyrrole nitrogens is 1. The molecule has 1 aromatic carbocycles. The number of fused-ring (bicyclic) bond motifs is 1. The summed E-state index contributed by atoms with van der Waals surface area (Å²) < 4.78 is 0. The first-order chi connectivity index (χ1) is 13.3. The summed E-state index contributed by atoms with van der Waals surface area (Å²) in [7, 11) is 1.85. The fourth-order valence-electron chi connectivity index (χ4n) is 3.67. The zero-order valence-corrected chi connectivity index (χ0v) is 19.3. The van der Waals surface area contributed by atoms with Gasteiger partial charge in [-0.2, -0.15) is 0 Å². The number of piperidine rings is 1. The molecular weight excluding hydrogens is 481 g/mol. The second kappa shape index (κ2) is 10.2. The molecule has 28 heavy (non-hydrogen) atoms. The highest BCUT2D eigenvalue weighted by molar-refractivity contribution is 14.0. The fourth-order valence-corrected chi connectivity index (χ4v) is 4.45. The van der Waals surface area contributed by atoms with Gasteiger partial charge in [0.1, 0.15) is 0 Å². The molecule has 1 saturated heterocycles. The van der Waals surface area contributed by atoms with E-state index in [-0.39, 0.29) is 24.0 Å². The monoisotopic (exact) mass is 509 g/mol. The summed E-state index contributed by atoms with van der Waals surface area (Å²) in [6.07, 6.45) is 3.23. The number of anilines is 1. The molecule has 1 fully saturated rings. The number of thiophene rings is 1. The van der Waals surface area contributed by atoms with Crippen molar-refractivity contribution < 1.29 is 0 Å². The highest BCUT2D eigenvalue weighted by Gasteiger charge is 2.20. The molecular formula is C21H28IN5S. The average Bonchev–Trinajstić information content (AvgIpc) is 3.37. The Hall–Kier alpha value is -1.74. The van der Waals surface area contributed by atoms with Crippen molar-refractivity contribution in [3.05, 3.63) is 53.5 Å². The molecule has 4 rings (SSSR count). The predicted molar refractivity (Wildman–Crippen MR) is 131 cm³/mol. The minimum Gasteiger partial charge on any atom is -0.363 e. The fraction of sp³-hybridized carbons (Fsp3) is 0.381. The van der Waals surface area contributed by atoms with Crippen LogP contribution < -0.4 is 15.5 Å². The molecule has 0 unspecified atom stereocenters. The Bertz CT molecular complexity index is 848. The molecule has 0 atom stereocenters. The molecule has 0 bridgehead atoms. The second-order valence-electron chi connectivity index (χ2n) is 6.99. The summed E-state index contributed by atoms with van der Waals surface area (Å²) in [6, 6.07) is 15.5. The van der Waals surface area contributed by atoms with Crippen LogP contribution in [0.5, 0.6) is 0 Å². The van der Waals surface area contributed by atoms with E-state index in [1.165, 1.54) is 21.6 Å². The van der Waals surface area contributed by atoms with Gasteiger partial charge in [0.2, 0.25) is 0 Å². The molecule has 3 aromatic rings. The van der Waals surface area contributed by atoms with Crippen molar-refractivity contribution in [1.82, 2.24) is 15.6 Å². The molecule has 0 amide bonds. The highest BCUT2D eigenvalue weighted by atomic mass is 127. The minimum atomic E-state index is 0. The van der Waals surface area contributed by atoms with E-state index in [9.17, 15) is 0 Å². The van der Waals surface area contributed by atoms with E-state index in [0.717, 1.165) is 44.9 Å². The van der Waals surface area contributed by atoms with Gasteiger partial charge in [0.05, 0.1) is 5.00 Å². The van der Waals surface area contributed by atoms with Crippen molar-refractivity contribution in [1.29, 1.82) is 0 Å². The molecule has 0 radical (unpaired) electrons. The lowest BCUT2D eigenvalue weighted by molar-refractivity contribution is 0.463. The van der Waals surface area contributed by atoms with E-state index < -0.39 is 0 Å². The summed E-state index contributed by atoms with van der Waals surface area (Å²) >= 11 is 1.83. The number of halogens is 1.